The van der Waals surface area contributed by atoms with E-state index in [9.17, 15) is 0 Å². The number of fused-ring (bicyclic) bond motifs is 14. The van der Waals surface area contributed by atoms with Crippen molar-refractivity contribution in [2.24, 2.45) is 0 Å². The predicted octanol–water partition coefficient (Wildman–Crippen LogP) is 13.4. The lowest BCUT2D eigenvalue weighted by molar-refractivity contribution is 0.590. The van der Waals surface area contributed by atoms with E-state index in [-0.39, 0.29) is 17.7 Å². The number of hydrogen-bond donors (Lipinski definition) is 0. The number of anilines is 2. The Labute approximate surface area is 329 Å². The first-order valence-corrected chi connectivity index (χ1v) is 21.1. The molecule has 0 amide bonds. The van der Waals surface area contributed by atoms with Gasteiger partial charge in [0.25, 0.3) is 0 Å². The summed E-state index contributed by atoms with van der Waals surface area (Å²) < 4.78 is 7.98. The van der Waals surface area contributed by atoms with Gasteiger partial charge in [-0.15, -0.1) is 22.7 Å². The maximum atomic E-state index is 2.69. The molecule has 3 aromatic heterocycles. The van der Waals surface area contributed by atoms with Crippen LogP contribution in [0.25, 0.3) is 79.0 Å². The third kappa shape index (κ3) is 4.31. The van der Waals surface area contributed by atoms with Crippen LogP contribution in [-0.4, -0.2) is 11.4 Å². The maximum absolute atomic E-state index is 2.69. The Morgan fingerprint density at radius 3 is 1.80 bits per heavy atom. The molecule has 0 N–H and O–H groups in total. The van der Waals surface area contributed by atoms with Crippen molar-refractivity contribution in [2.45, 2.75) is 52.4 Å². The van der Waals surface area contributed by atoms with Crippen LogP contribution in [0.2, 0.25) is 0 Å². The van der Waals surface area contributed by atoms with Crippen molar-refractivity contribution in [3.05, 3.63) is 139 Å². The second-order valence-corrected chi connectivity index (χ2v) is 19.9. The van der Waals surface area contributed by atoms with Gasteiger partial charge in [0.2, 0.25) is 0 Å². The molecular weight excluding hydrogens is 704 g/mol. The first-order valence-electron chi connectivity index (χ1n) is 19.5. The van der Waals surface area contributed by atoms with Gasteiger partial charge in [-0.2, -0.15) is 0 Å². The molecule has 0 atom stereocenters. The zero-order valence-electron chi connectivity index (χ0n) is 31.9. The lowest BCUT2D eigenvalue weighted by Gasteiger charge is -2.42. The summed E-state index contributed by atoms with van der Waals surface area (Å²) in [5.41, 5.74) is 14.6. The molecule has 0 saturated carbocycles. The van der Waals surface area contributed by atoms with Gasteiger partial charge >= 0.3 is 6.85 Å². The van der Waals surface area contributed by atoms with E-state index >= 15 is 0 Å². The van der Waals surface area contributed by atoms with Crippen molar-refractivity contribution in [1.82, 2.24) is 4.57 Å². The molecule has 0 fully saturated rings. The van der Waals surface area contributed by atoms with E-state index in [1.54, 1.807) is 0 Å². The van der Waals surface area contributed by atoms with Crippen molar-refractivity contribution >= 4 is 114 Å². The second-order valence-electron chi connectivity index (χ2n) is 17.8. The van der Waals surface area contributed by atoms with Gasteiger partial charge in [-0.1, -0.05) is 114 Å². The van der Waals surface area contributed by atoms with E-state index in [0.717, 1.165) is 0 Å². The normalized spacial score (nSPS) is 13.9. The fourth-order valence-corrected chi connectivity index (χ4v) is 11.9. The monoisotopic (exact) mass is 742 g/mol. The molecule has 2 aliphatic heterocycles. The van der Waals surface area contributed by atoms with Crippen LogP contribution in [0.5, 0.6) is 0 Å². The highest BCUT2D eigenvalue weighted by Gasteiger charge is 2.44. The van der Waals surface area contributed by atoms with Crippen LogP contribution in [0.4, 0.5) is 11.4 Å². The van der Waals surface area contributed by atoms with Crippen LogP contribution < -0.4 is 15.7 Å². The van der Waals surface area contributed by atoms with E-state index in [1.165, 1.54) is 112 Å². The van der Waals surface area contributed by atoms with Crippen LogP contribution >= 0.6 is 22.7 Å². The van der Waals surface area contributed by atoms with Gasteiger partial charge < -0.3 is 9.38 Å². The Balaban J connectivity index is 1.25. The molecule has 0 radical (unpaired) electrons. The molecule has 0 bridgehead atoms. The van der Waals surface area contributed by atoms with Gasteiger partial charge in [0.15, 0.2) is 0 Å². The summed E-state index contributed by atoms with van der Waals surface area (Å²) in [6, 6.07) is 49.4. The number of thiophene rings is 2. The molecule has 10 aromatic rings. The molecule has 55 heavy (non-hydrogen) atoms. The largest absolute Gasteiger partial charge is 0.376 e. The Hall–Kier alpha value is -5.36. The molecule has 2 aliphatic rings. The summed E-state index contributed by atoms with van der Waals surface area (Å²) in [5, 5.41) is 8.02. The number of hydrogen-bond acceptors (Lipinski definition) is 3. The quantitative estimate of drug-likeness (QED) is 0.152. The highest BCUT2D eigenvalue weighted by atomic mass is 32.1. The summed E-state index contributed by atoms with van der Waals surface area (Å²) in [6.45, 7) is 13.9. The molecule has 2 nitrogen and oxygen atoms in total. The number of benzene rings is 7. The molecule has 0 spiro atoms. The molecule has 5 heterocycles. The SMILES string of the molecule is CC(C)(C)c1ccc(N2B3c4cc(C(C)(C)C)ccc4-n4c5cc6sc7ccccc7c6cc5c5ccc(c3c54)-c3cc4c(cc32)sc2ccccc24)cc1. The smallest absolute Gasteiger partial charge is 0.333 e. The van der Waals surface area contributed by atoms with Crippen molar-refractivity contribution in [2.75, 3.05) is 4.81 Å². The molecule has 5 heteroatoms. The van der Waals surface area contributed by atoms with Crippen molar-refractivity contribution < 1.29 is 0 Å². The first kappa shape index (κ1) is 31.9. The molecule has 12 rings (SSSR count). The summed E-state index contributed by atoms with van der Waals surface area (Å²) >= 11 is 3.82. The molecule has 0 unspecified atom stereocenters. The third-order valence-electron chi connectivity index (χ3n) is 12.5. The van der Waals surface area contributed by atoms with Crippen molar-refractivity contribution in [1.29, 1.82) is 0 Å². The van der Waals surface area contributed by atoms with Crippen LogP contribution in [0.3, 0.4) is 0 Å². The van der Waals surface area contributed by atoms with Crippen molar-refractivity contribution in [3.63, 3.8) is 0 Å². The average molecular weight is 743 g/mol. The minimum Gasteiger partial charge on any atom is -0.376 e. The van der Waals surface area contributed by atoms with Crippen molar-refractivity contribution in [3.8, 4) is 16.8 Å². The van der Waals surface area contributed by atoms with Gasteiger partial charge in [-0.25, -0.2) is 0 Å². The standard InChI is InChI=1S/C50H39BN2S2/c1-49(2,3)28-15-18-30(19-16-28)53-42-27-46-37(31-11-7-10-14-44(31)55-46)24-35(42)33-20-21-34-36-25-38-32-12-8-9-13-43(32)54-45(38)26-41(36)52-40-22-17-29(50(4,5)6)23-39(40)51(53)47(33)48(34)52/h7-27H,1-6H3. The minimum absolute atomic E-state index is 0.00113. The van der Waals surface area contributed by atoms with Gasteiger partial charge in [0.05, 0.1) is 11.0 Å². The summed E-state index contributed by atoms with van der Waals surface area (Å²) in [4.78, 5) is 2.69. The Morgan fingerprint density at radius 2 is 1.11 bits per heavy atom. The van der Waals surface area contributed by atoms with Gasteiger partial charge in [-0.3, -0.25) is 0 Å². The molecule has 0 saturated heterocycles. The first-order chi connectivity index (χ1) is 26.5. The number of nitrogens with zero attached hydrogens (tertiary/aromatic N) is 2. The van der Waals surface area contributed by atoms with Crippen LogP contribution in [0.15, 0.2) is 127 Å². The fourth-order valence-electron chi connectivity index (χ4n) is 9.70. The summed E-state index contributed by atoms with van der Waals surface area (Å²) in [6.07, 6.45) is 0. The van der Waals surface area contributed by atoms with Gasteiger partial charge in [0.1, 0.15) is 0 Å². The van der Waals surface area contributed by atoms with E-state index in [4.69, 9.17) is 0 Å². The van der Waals surface area contributed by atoms with E-state index in [2.05, 4.69) is 178 Å². The molecular formula is C50H39BN2S2. The third-order valence-corrected chi connectivity index (χ3v) is 14.8. The zero-order valence-corrected chi connectivity index (χ0v) is 33.5. The molecule has 0 aliphatic carbocycles. The van der Waals surface area contributed by atoms with Crippen LogP contribution in [-0.2, 0) is 10.8 Å². The lowest BCUT2D eigenvalue weighted by atomic mass is 9.43. The molecule has 264 valence electrons. The minimum atomic E-state index is -0.00502. The second kappa shape index (κ2) is 10.7. The van der Waals surface area contributed by atoms with E-state index < -0.39 is 0 Å². The Bertz CT molecular complexity index is 3290. The zero-order chi connectivity index (χ0) is 37.1. The topological polar surface area (TPSA) is 8.17 Å². The Kier molecular flexibility index (Phi) is 6.21. The highest BCUT2D eigenvalue weighted by molar-refractivity contribution is 7.26. The van der Waals surface area contributed by atoms with E-state index in [1.807, 2.05) is 22.7 Å². The van der Waals surface area contributed by atoms with Gasteiger partial charge in [0, 0.05) is 73.7 Å². The lowest BCUT2D eigenvalue weighted by Crippen LogP contribution is -2.60. The Morgan fingerprint density at radius 1 is 0.473 bits per heavy atom. The highest BCUT2D eigenvalue weighted by Crippen LogP contribution is 2.49. The predicted molar refractivity (Wildman–Crippen MR) is 243 cm³/mol. The summed E-state index contributed by atoms with van der Waals surface area (Å²) in [7, 11) is 0. The van der Waals surface area contributed by atoms with Crippen LogP contribution in [0.1, 0.15) is 52.7 Å². The molecule has 7 aromatic carbocycles. The van der Waals surface area contributed by atoms with E-state index in [0.29, 0.717) is 0 Å². The van der Waals surface area contributed by atoms with Crippen LogP contribution in [0, 0.1) is 0 Å². The summed E-state index contributed by atoms with van der Waals surface area (Å²) in [5.74, 6) is 0. The average Bonchev–Trinajstić information content (AvgIpc) is 3.83. The maximum Gasteiger partial charge on any atom is 0.333 e. The van der Waals surface area contributed by atoms with Gasteiger partial charge in [-0.05, 0) is 93.0 Å². The fraction of sp³-hybridized carbons (Fsp3) is 0.160. The number of rotatable bonds is 1. The number of aromatic nitrogens is 1.